The first-order valence-corrected chi connectivity index (χ1v) is 13.6. The SMILES string of the molecule is CCCc1c(OC)cccc1C(=O)NC1CC2CCC(C1)N2c1ccc(C(=O)NCc2ccccc2)cn1. The van der Waals surface area contributed by atoms with Gasteiger partial charge in [0.05, 0.1) is 12.7 Å². The lowest BCUT2D eigenvalue weighted by Crippen LogP contribution is -2.51. The maximum Gasteiger partial charge on any atom is 0.253 e. The molecule has 2 aliphatic rings. The van der Waals surface area contributed by atoms with Crippen LogP contribution in [0.15, 0.2) is 66.9 Å². The first kappa shape index (κ1) is 25.8. The number of piperidine rings is 1. The highest BCUT2D eigenvalue weighted by molar-refractivity contribution is 5.96. The van der Waals surface area contributed by atoms with Gasteiger partial charge in [-0.05, 0) is 61.9 Å². The molecule has 3 aromatic rings. The smallest absolute Gasteiger partial charge is 0.253 e. The van der Waals surface area contributed by atoms with Gasteiger partial charge in [0.25, 0.3) is 11.8 Å². The van der Waals surface area contributed by atoms with Gasteiger partial charge in [-0.25, -0.2) is 4.98 Å². The molecule has 7 nitrogen and oxygen atoms in total. The highest BCUT2D eigenvalue weighted by Crippen LogP contribution is 2.38. The van der Waals surface area contributed by atoms with Gasteiger partial charge in [0.1, 0.15) is 11.6 Å². The van der Waals surface area contributed by atoms with Crippen LogP contribution < -0.4 is 20.3 Å². The Kier molecular flexibility index (Phi) is 7.91. The number of benzene rings is 2. The maximum absolute atomic E-state index is 13.3. The van der Waals surface area contributed by atoms with Gasteiger partial charge < -0.3 is 20.3 Å². The molecule has 2 aromatic carbocycles. The molecule has 0 spiro atoms. The summed E-state index contributed by atoms with van der Waals surface area (Å²) < 4.78 is 5.52. The molecule has 5 rings (SSSR count). The van der Waals surface area contributed by atoms with Gasteiger partial charge in [-0.2, -0.15) is 0 Å². The van der Waals surface area contributed by atoms with Crippen molar-refractivity contribution in [2.75, 3.05) is 12.0 Å². The van der Waals surface area contributed by atoms with Crippen LogP contribution in [-0.4, -0.2) is 42.0 Å². The summed E-state index contributed by atoms with van der Waals surface area (Å²) in [7, 11) is 1.65. The predicted molar refractivity (Wildman–Crippen MR) is 149 cm³/mol. The van der Waals surface area contributed by atoms with E-state index in [9.17, 15) is 9.59 Å². The standard InChI is InChI=1S/C31H36N4O3/c1-3-8-26-27(11-7-12-28(26)38-2)31(37)34-23-17-24-14-15-25(18-23)35(24)29-16-13-22(20-32-29)30(36)33-19-21-9-5-4-6-10-21/h4-7,9-13,16,20,23-25H,3,8,14-15,17-19H2,1-2H3,(H,33,36)(H,34,37). The lowest BCUT2D eigenvalue weighted by Gasteiger charge is -2.40. The van der Waals surface area contributed by atoms with Crippen molar-refractivity contribution >= 4 is 17.6 Å². The van der Waals surface area contributed by atoms with Gasteiger partial charge in [-0.1, -0.05) is 49.7 Å². The Morgan fingerprint density at radius 3 is 2.39 bits per heavy atom. The van der Waals surface area contributed by atoms with Gasteiger partial charge in [-0.3, -0.25) is 9.59 Å². The predicted octanol–water partition coefficient (Wildman–Crippen LogP) is 4.90. The Balaban J connectivity index is 1.21. The summed E-state index contributed by atoms with van der Waals surface area (Å²) in [4.78, 5) is 32.9. The van der Waals surface area contributed by atoms with Gasteiger partial charge >= 0.3 is 0 Å². The number of amides is 2. The lowest BCUT2D eigenvalue weighted by atomic mass is 9.95. The number of carbonyl (C=O) groups excluding carboxylic acids is 2. The highest BCUT2D eigenvalue weighted by Gasteiger charge is 2.42. The third kappa shape index (κ3) is 5.52. The Bertz CT molecular complexity index is 1250. The molecular formula is C31H36N4O3. The molecule has 0 aliphatic carbocycles. The van der Waals surface area contributed by atoms with Crippen LogP contribution in [0.1, 0.15) is 70.9 Å². The van der Waals surface area contributed by atoms with Crippen molar-refractivity contribution in [3.63, 3.8) is 0 Å². The summed E-state index contributed by atoms with van der Waals surface area (Å²) in [5.41, 5.74) is 3.31. The summed E-state index contributed by atoms with van der Waals surface area (Å²) in [5.74, 6) is 1.53. The van der Waals surface area contributed by atoms with Crippen LogP contribution in [0.4, 0.5) is 5.82 Å². The van der Waals surface area contributed by atoms with Crippen LogP contribution in [0.3, 0.4) is 0 Å². The number of nitrogens with one attached hydrogen (secondary N) is 2. The first-order valence-electron chi connectivity index (χ1n) is 13.6. The minimum absolute atomic E-state index is 0.0193. The number of anilines is 1. The number of rotatable bonds is 9. The third-order valence-electron chi connectivity index (χ3n) is 7.74. The van der Waals surface area contributed by atoms with E-state index in [4.69, 9.17) is 4.74 Å². The molecule has 2 atom stereocenters. The second-order valence-electron chi connectivity index (χ2n) is 10.2. The summed E-state index contributed by atoms with van der Waals surface area (Å²) >= 11 is 0. The Morgan fingerprint density at radius 1 is 0.974 bits per heavy atom. The number of methoxy groups -OCH3 is 1. The highest BCUT2D eigenvalue weighted by atomic mass is 16.5. The fourth-order valence-electron chi connectivity index (χ4n) is 5.96. The molecule has 2 fully saturated rings. The van der Waals surface area contributed by atoms with Crippen LogP contribution in [0.25, 0.3) is 0 Å². The van der Waals surface area contributed by atoms with Crippen LogP contribution in [0.2, 0.25) is 0 Å². The van der Waals surface area contributed by atoms with Gasteiger partial charge in [-0.15, -0.1) is 0 Å². The molecule has 2 bridgehead atoms. The van der Waals surface area contributed by atoms with E-state index in [-0.39, 0.29) is 17.9 Å². The van der Waals surface area contributed by atoms with Crippen molar-refractivity contribution in [2.24, 2.45) is 0 Å². The molecule has 0 saturated carbocycles. The van der Waals surface area contributed by atoms with Crippen molar-refractivity contribution in [1.82, 2.24) is 15.6 Å². The number of fused-ring (bicyclic) bond motifs is 2. The normalized spacial score (nSPS) is 20.2. The quantitative estimate of drug-likeness (QED) is 0.426. The molecule has 7 heteroatoms. The zero-order valence-electron chi connectivity index (χ0n) is 22.2. The lowest BCUT2D eigenvalue weighted by molar-refractivity contribution is 0.0923. The molecule has 2 amide bonds. The van der Waals surface area contributed by atoms with Crippen LogP contribution in [0.5, 0.6) is 5.75 Å². The van der Waals surface area contributed by atoms with E-state index < -0.39 is 0 Å². The topological polar surface area (TPSA) is 83.6 Å². The van der Waals surface area contributed by atoms with E-state index in [0.29, 0.717) is 29.8 Å². The Hall–Kier alpha value is -3.87. The van der Waals surface area contributed by atoms with Gasteiger partial charge in [0.15, 0.2) is 0 Å². The monoisotopic (exact) mass is 512 g/mol. The molecular weight excluding hydrogens is 476 g/mol. The van der Waals surface area contributed by atoms with E-state index in [0.717, 1.165) is 61.2 Å². The number of hydrogen-bond donors (Lipinski definition) is 2. The minimum atomic E-state index is -0.128. The number of carbonyl (C=O) groups is 2. The summed E-state index contributed by atoms with van der Waals surface area (Å²) in [6.45, 7) is 2.60. The zero-order valence-corrected chi connectivity index (χ0v) is 22.2. The Labute approximate surface area is 224 Å². The average Bonchev–Trinajstić information content (AvgIpc) is 3.22. The second-order valence-corrected chi connectivity index (χ2v) is 10.2. The van der Waals surface area contributed by atoms with Gasteiger partial charge in [0, 0.05) is 42.0 Å². The molecule has 1 aromatic heterocycles. The van der Waals surface area contributed by atoms with Crippen LogP contribution in [0, 0.1) is 0 Å². The number of nitrogens with zero attached hydrogens (tertiary/aromatic N) is 2. The van der Waals surface area contributed by atoms with E-state index >= 15 is 0 Å². The average molecular weight is 513 g/mol. The van der Waals surface area contributed by atoms with Crippen molar-refractivity contribution in [3.05, 3.63) is 89.1 Å². The summed E-state index contributed by atoms with van der Waals surface area (Å²) in [5, 5.41) is 6.28. The third-order valence-corrected chi connectivity index (χ3v) is 7.74. The summed E-state index contributed by atoms with van der Waals surface area (Å²) in [6.07, 6.45) is 7.36. The van der Waals surface area contributed by atoms with Crippen LogP contribution >= 0.6 is 0 Å². The van der Waals surface area contributed by atoms with Crippen molar-refractivity contribution in [3.8, 4) is 5.75 Å². The van der Waals surface area contributed by atoms with E-state index in [1.54, 1.807) is 13.3 Å². The molecule has 38 heavy (non-hydrogen) atoms. The molecule has 198 valence electrons. The van der Waals surface area contributed by atoms with Crippen molar-refractivity contribution < 1.29 is 14.3 Å². The van der Waals surface area contributed by atoms with E-state index in [1.807, 2.05) is 60.7 Å². The Morgan fingerprint density at radius 2 is 1.74 bits per heavy atom. The molecule has 2 saturated heterocycles. The number of pyridine rings is 1. The largest absolute Gasteiger partial charge is 0.496 e. The number of ether oxygens (including phenoxy) is 1. The fraction of sp³-hybridized carbons (Fsp3) is 0.387. The molecule has 2 aliphatic heterocycles. The number of hydrogen-bond acceptors (Lipinski definition) is 5. The zero-order chi connectivity index (χ0) is 26.5. The van der Waals surface area contributed by atoms with Crippen molar-refractivity contribution in [2.45, 2.75) is 70.1 Å². The molecule has 3 heterocycles. The first-order chi connectivity index (χ1) is 18.6. The van der Waals surface area contributed by atoms with E-state index in [2.05, 4.69) is 27.4 Å². The van der Waals surface area contributed by atoms with E-state index in [1.165, 1.54) is 0 Å². The van der Waals surface area contributed by atoms with Gasteiger partial charge in [0.2, 0.25) is 0 Å². The second kappa shape index (κ2) is 11.7. The maximum atomic E-state index is 13.3. The molecule has 0 radical (unpaired) electrons. The number of aromatic nitrogens is 1. The minimum Gasteiger partial charge on any atom is -0.496 e. The molecule has 2 N–H and O–H groups in total. The van der Waals surface area contributed by atoms with Crippen molar-refractivity contribution in [1.29, 1.82) is 0 Å². The van der Waals surface area contributed by atoms with Crippen LogP contribution in [-0.2, 0) is 13.0 Å². The fourth-order valence-corrected chi connectivity index (χ4v) is 5.96. The molecule has 2 unspecified atom stereocenters. The summed E-state index contributed by atoms with van der Waals surface area (Å²) in [6, 6.07) is 20.1.